The fourth-order valence-electron chi connectivity index (χ4n) is 1.27. The van der Waals surface area contributed by atoms with Crippen molar-refractivity contribution >= 4 is 12.0 Å². The van der Waals surface area contributed by atoms with E-state index in [9.17, 15) is 9.59 Å². The Morgan fingerprint density at radius 2 is 1.93 bits per heavy atom. The first-order valence-corrected chi connectivity index (χ1v) is 4.68. The molecule has 0 atom stereocenters. The van der Waals surface area contributed by atoms with Crippen LogP contribution in [0.5, 0.6) is 0 Å². The first kappa shape index (κ1) is 10.8. The standard InChI is InChI=1S/C9H16N2O3/c1-10(2)9(14)11(6-8(12)13)5-7-3-4-7/h7H,3-6H2,1-2H3,(H,12,13). The Morgan fingerprint density at radius 1 is 1.36 bits per heavy atom. The number of carboxylic acids is 1. The number of aliphatic carboxylic acids is 1. The average Bonchev–Trinajstić information content (AvgIpc) is 2.84. The summed E-state index contributed by atoms with van der Waals surface area (Å²) >= 11 is 0. The molecule has 0 aromatic heterocycles. The Hall–Kier alpha value is -1.26. The van der Waals surface area contributed by atoms with Gasteiger partial charge < -0.3 is 14.9 Å². The van der Waals surface area contributed by atoms with Gasteiger partial charge in [0.15, 0.2) is 0 Å². The van der Waals surface area contributed by atoms with Crippen LogP contribution in [0.1, 0.15) is 12.8 Å². The molecule has 5 nitrogen and oxygen atoms in total. The van der Waals surface area contributed by atoms with E-state index >= 15 is 0 Å². The summed E-state index contributed by atoms with van der Waals surface area (Å²) in [5.41, 5.74) is 0. The van der Waals surface area contributed by atoms with Gasteiger partial charge in [0.25, 0.3) is 0 Å². The van der Waals surface area contributed by atoms with Crippen LogP contribution < -0.4 is 0 Å². The van der Waals surface area contributed by atoms with Crippen LogP contribution in [-0.2, 0) is 4.79 Å². The third-order valence-electron chi connectivity index (χ3n) is 2.15. The van der Waals surface area contributed by atoms with Crippen LogP contribution in [0, 0.1) is 5.92 Å². The van der Waals surface area contributed by atoms with Gasteiger partial charge in [-0.25, -0.2) is 4.79 Å². The maximum absolute atomic E-state index is 11.5. The Morgan fingerprint density at radius 3 is 2.29 bits per heavy atom. The summed E-state index contributed by atoms with van der Waals surface area (Å²) in [7, 11) is 3.26. The molecule has 1 N–H and O–H groups in total. The zero-order valence-electron chi connectivity index (χ0n) is 8.56. The second-order valence-electron chi connectivity index (χ2n) is 3.89. The van der Waals surface area contributed by atoms with Gasteiger partial charge in [-0.15, -0.1) is 0 Å². The molecule has 1 fully saturated rings. The highest BCUT2D eigenvalue weighted by Gasteiger charge is 2.28. The lowest BCUT2D eigenvalue weighted by Crippen LogP contribution is -2.43. The first-order valence-electron chi connectivity index (χ1n) is 4.68. The van der Waals surface area contributed by atoms with Gasteiger partial charge in [0, 0.05) is 20.6 Å². The van der Waals surface area contributed by atoms with E-state index in [1.54, 1.807) is 14.1 Å². The number of carboxylic acid groups (broad SMARTS) is 1. The molecule has 1 aliphatic rings. The van der Waals surface area contributed by atoms with Crippen LogP contribution in [0.2, 0.25) is 0 Å². The van der Waals surface area contributed by atoms with E-state index in [0.717, 1.165) is 12.8 Å². The summed E-state index contributed by atoms with van der Waals surface area (Å²) in [5.74, 6) is -0.445. The fourth-order valence-corrected chi connectivity index (χ4v) is 1.27. The zero-order chi connectivity index (χ0) is 10.7. The van der Waals surface area contributed by atoms with E-state index in [0.29, 0.717) is 12.5 Å². The molecule has 1 saturated carbocycles. The van der Waals surface area contributed by atoms with Crippen molar-refractivity contribution in [3.8, 4) is 0 Å². The molecule has 0 bridgehead atoms. The minimum atomic E-state index is -0.958. The first-order chi connectivity index (χ1) is 6.50. The number of hydrogen-bond acceptors (Lipinski definition) is 2. The number of nitrogens with zero attached hydrogens (tertiary/aromatic N) is 2. The molecule has 1 rings (SSSR count). The molecule has 80 valence electrons. The molecule has 0 heterocycles. The SMILES string of the molecule is CN(C)C(=O)N(CC(=O)O)CC1CC1. The Kier molecular flexibility index (Phi) is 3.33. The van der Waals surface area contributed by atoms with Gasteiger partial charge in [0.1, 0.15) is 6.54 Å². The predicted octanol–water partition coefficient (Wildman–Crippen LogP) is 0.465. The van der Waals surface area contributed by atoms with Crippen LogP contribution in [-0.4, -0.2) is 54.1 Å². The van der Waals surface area contributed by atoms with E-state index in [1.807, 2.05) is 0 Å². The van der Waals surface area contributed by atoms with Gasteiger partial charge >= 0.3 is 12.0 Å². The van der Waals surface area contributed by atoms with Crippen molar-refractivity contribution < 1.29 is 14.7 Å². The van der Waals surface area contributed by atoms with E-state index in [-0.39, 0.29) is 12.6 Å². The molecule has 0 unspecified atom stereocenters. The Labute approximate surface area is 83.3 Å². The van der Waals surface area contributed by atoms with Crippen LogP contribution in [0.3, 0.4) is 0 Å². The Bertz CT molecular complexity index is 236. The molecule has 5 heteroatoms. The highest BCUT2D eigenvalue weighted by atomic mass is 16.4. The largest absolute Gasteiger partial charge is 0.480 e. The van der Waals surface area contributed by atoms with Crippen LogP contribution >= 0.6 is 0 Å². The minimum absolute atomic E-state index is 0.201. The van der Waals surface area contributed by atoms with Gasteiger partial charge in [-0.2, -0.15) is 0 Å². The summed E-state index contributed by atoms with van der Waals surface area (Å²) in [4.78, 5) is 24.9. The molecule has 0 saturated heterocycles. The number of rotatable bonds is 4. The molecule has 0 aromatic carbocycles. The fraction of sp³-hybridized carbons (Fsp3) is 0.778. The molecule has 0 spiro atoms. The van der Waals surface area contributed by atoms with E-state index in [1.165, 1.54) is 9.80 Å². The maximum atomic E-state index is 11.5. The lowest BCUT2D eigenvalue weighted by atomic mass is 10.3. The predicted molar refractivity (Wildman–Crippen MR) is 51.0 cm³/mol. The number of carbonyl (C=O) groups excluding carboxylic acids is 1. The summed E-state index contributed by atoms with van der Waals surface area (Å²) in [5, 5.41) is 8.64. The second kappa shape index (κ2) is 4.30. The van der Waals surface area contributed by atoms with Crippen molar-refractivity contribution in [3.05, 3.63) is 0 Å². The Balaban J connectivity index is 2.49. The van der Waals surface area contributed by atoms with Crippen molar-refractivity contribution in [1.29, 1.82) is 0 Å². The average molecular weight is 200 g/mol. The van der Waals surface area contributed by atoms with Crippen molar-refractivity contribution in [3.63, 3.8) is 0 Å². The molecular formula is C9H16N2O3. The highest BCUT2D eigenvalue weighted by molar-refractivity contribution is 5.79. The van der Waals surface area contributed by atoms with Crippen LogP contribution in [0.4, 0.5) is 4.79 Å². The lowest BCUT2D eigenvalue weighted by molar-refractivity contribution is -0.137. The summed E-state index contributed by atoms with van der Waals surface area (Å²) < 4.78 is 0. The monoisotopic (exact) mass is 200 g/mol. The van der Waals surface area contributed by atoms with E-state index < -0.39 is 5.97 Å². The van der Waals surface area contributed by atoms with Gasteiger partial charge in [-0.3, -0.25) is 4.79 Å². The maximum Gasteiger partial charge on any atom is 0.323 e. The summed E-state index contributed by atoms with van der Waals surface area (Å²) in [6.45, 7) is 0.372. The van der Waals surface area contributed by atoms with Crippen LogP contribution in [0.25, 0.3) is 0 Å². The van der Waals surface area contributed by atoms with Gasteiger partial charge in [-0.05, 0) is 18.8 Å². The third-order valence-corrected chi connectivity index (χ3v) is 2.15. The van der Waals surface area contributed by atoms with E-state index in [4.69, 9.17) is 5.11 Å². The highest BCUT2D eigenvalue weighted by Crippen LogP contribution is 2.29. The van der Waals surface area contributed by atoms with Crippen molar-refractivity contribution in [1.82, 2.24) is 9.80 Å². The number of urea groups is 1. The molecule has 0 aromatic rings. The van der Waals surface area contributed by atoms with Gasteiger partial charge in [0.05, 0.1) is 0 Å². The molecular weight excluding hydrogens is 184 g/mol. The minimum Gasteiger partial charge on any atom is -0.480 e. The molecule has 14 heavy (non-hydrogen) atoms. The number of amides is 2. The zero-order valence-corrected chi connectivity index (χ0v) is 8.56. The van der Waals surface area contributed by atoms with Gasteiger partial charge in [0.2, 0.25) is 0 Å². The number of carbonyl (C=O) groups is 2. The quantitative estimate of drug-likeness (QED) is 0.717. The summed E-state index contributed by atoms with van der Waals surface area (Å²) in [6.07, 6.45) is 2.22. The van der Waals surface area contributed by atoms with Crippen molar-refractivity contribution in [2.45, 2.75) is 12.8 Å². The molecule has 0 aliphatic heterocycles. The van der Waals surface area contributed by atoms with Gasteiger partial charge in [-0.1, -0.05) is 0 Å². The molecule has 1 aliphatic carbocycles. The lowest BCUT2D eigenvalue weighted by Gasteiger charge is -2.24. The topological polar surface area (TPSA) is 60.9 Å². The van der Waals surface area contributed by atoms with E-state index in [2.05, 4.69) is 0 Å². The van der Waals surface area contributed by atoms with Crippen molar-refractivity contribution in [2.75, 3.05) is 27.2 Å². The van der Waals surface area contributed by atoms with Crippen LogP contribution in [0.15, 0.2) is 0 Å². The smallest absolute Gasteiger partial charge is 0.323 e. The summed E-state index contributed by atoms with van der Waals surface area (Å²) in [6, 6.07) is -0.223. The number of hydrogen-bond donors (Lipinski definition) is 1. The molecule has 2 amide bonds. The van der Waals surface area contributed by atoms with Crippen molar-refractivity contribution in [2.24, 2.45) is 5.92 Å². The normalized spacial score (nSPS) is 15.0. The second-order valence-corrected chi connectivity index (χ2v) is 3.89. The third kappa shape index (κ3) is 3.24. The molecule has 0 radical (unpaired) electrons.